The summed E-state index contributed by atoms with van der Waals surface area (Å²) in [6.45, 7) is 3.74. The molecule has 0 bridgehead atoms. The number of Topliss-reactive ketones (excluding diaryl/α,β-unsaturated/α-hetero) is 1. The number of pyridine rings is 1. The Morgan fingerprint density at radius 1 is 1.03 bits per heavy atom. The van der Waals surface area contributed by atoms with Gasteiger partial charge in [-0.2, -0.15) is 5.10 Å². The van der Waals surface area contributed by atoms with Gasteiger partial charge in [0.2, 0.25) is 0 Å². The van der Waals surface area contributed by atoms with Gasteiger partial charge >= 0.3 is 0 Å². The summed E-state index contributed by atoms with van der Waals surface area (Å²) < 4.78 is 14.4. The molecule has 3 heterocycles. The average Bonchev–Trinajstić information content (AvgIpc) is 3.44. The van der Waals surface area contributed by atoms with E-state index in [4.69, 9.17) is 9.47 Å². The summed E-state index contributed by atoms with van der Waals surface area (Å²) in [6, 6.07) is 18.1. The molecule has 172 valence electrons. The van der Waals surface area contributed by atoms with Crippen LogP contribution in [0, 0.1) is 6.92 Å². The Balaban J connectivity index is 1.37. The lowest BCUT2D eigenvalue weighted by Crippen LogP contribution is -2.08. The van der Waals surface area contributed by atoms with Gasteiger partial charge in [0, 0.05) is 31.2 Å². The van der Waals surface area contributed by atoms with Crippen molar-refractivity contribution in [1.29, 1.82) is 0 Å². The van der Waals surface area contributed by atoms with Crippen LogP contribution in [0.1, 0.15) is 27.2 Å². The van der Waals surface area contributed by atoms with Crippen LogP contribution in [-0.2, 0) is 17.7 Å². The van der Waals surface area contributed by atoms with Crippen molar-refractivity contribution < 1.29 is 14.3 Å². The first-order valence-electron chi connectivity index (χ1n) is 11.2. The van der Waals surface area contributed by atoms with Gasteiger partial charge in [0.05, 0.1) is 31.1 Å². The largest absolute Gasteiger partial charge is 0.491 e. The van der Waals surface area contributed by atoms with Crippen molar-refractivity contribution in [3.05, 3.63) is 95.6 Å². The Morgan fingerprint density at radius 2 is 1.91 bits per heavy atom. The van der Waals surface area contributed by atoms with E-state index in [0.717, 1.165) is 16.5 Å². The van der Waals surface area contributed by atoms with Crippen molar-refractivity contribution in [2.45, 2.75) is 19.9 Å². The zero-order chi connectivity index (χ0) is 23.5. The van der Waals surface area contributed by atoms with E-state index in [9.17, 15) is 4.79 Å². The molecule has 0 saturated carbocycles. The van der Waals surface area contributed by atoms with Gasteiger partial charge in [-0.15, -0.1) is 0 Å². The van der Waals surface area contributed by atoms with E-state index < -0.39 is 0 Å². The summed E-state index contributed by atoms with van der Waals surface area (Å²) in [4.78, 5) is 17.6. The van der Waals surface area contributed by atoms with Crippen LogP contribution in [0.3, 0.4) is 0 Å². The highest BCUT2D eigenvalue weighted by Gasteiger charge is 2.16. The summed E-state index contributed by atoms with van der Waals surface area (Å²) in [6.07, 6.45) is 5.56. The van der Waals surface area contributed by atoms with Crippen LogP contribution in [0.5, 0.6) is 5.75 Å². The maximum absolute atomic E-state index is 13.2. The minimum atomic E-state index is -0.000476. The topological polar surface area (TPSA) is 70.7 Å². The Labute approximate surface area is 197 Å². The van der Waals surface area contributed by atoms with Gasteiger partial charge < -0.3 is 9.47 Å². The highest BCUT2D eigenvalue weighted by Crippen LogP contribution is 2.22. The second-order valence-corrected chi connectivity index (χ2v) is 8.32. The van der Waals surface area contributed by atoms with Crippen molar-refractivity contribution in [2.24, 2.45) is 0 Å². The molecule has 5 rings (SSSR count). The molecule has 7 heteroatoms. The number of hydrogen-bond donors (Lipinski definition) is 0. The number of benzene rings is 2. The van der Waals surface area contributed by atoms with Crippen LogP contribution in [-0.4, -0.2) is 45.3 Å². The van der Waals surface area contributed by atoms with E-state index in [1.54, 1.807) is 17.7 Å². The molecule has 0 saturated heterocycles. The number of hydrogen-bond acceptors (Lipinski definition) is 5. The molecule has 0 N–H and O–H groups in total. The maximum atomic E-state index is 13.2. The zero-order valence-electron chi connectivity index (χ0n) is 19.3. The molecule has 34 heavy (non-hydrogen) atoms. The quantitative estimate of drug-likeness (QED) is 0.242. The third kappa shape index (κ3) is 4.43. The molecule has 0 spiro atoms. The molecule has 0 aliphatic carbocycles. The Hall–Kier alpha value is -3.97. The average molecular weight is 455 g/mol. The molecular weight excluding hydrogens is 428 g/mol. The molecule has 0 aliphatic rings. The predicted molar refractivity (Wildman–Crippen MR) is 131 cm³/mol. The van der Waals surface area contributed by atoms with Crippen LogP contribution in [0.2, 0.25) is 0 Å². The van der Waals surface area contributed by atoms with Gasteiger partial charge in [-0.25, -0.2) is 4.98 Å². The van der Waals surface area contributed by atoms with Gasteiger partial charge in [-0.05, 0) is 30.2 Å². The fourth-order valence-corrected chi connectivity index (χ4v) is 4.19. The van der Waals surface area contributed by atoms with E-state index in [2.05, 4.69) is 41.3 Å². The summed E-state index contributed by atoms with van der Waals surface area (Å²) in [7, 11) is 1.63. The van der Waals surface area contributed by atoms with E-state index in [1.165, 1.54) is 11.1 Å². The smallest absolute Gasteiger partial charge is 0.185 e. The number of nitrogens with zero attached hydrogens (tertiary/aromatic N) is 4. The number of carbonyl (C=O) groups excluding carboxylic acids is 1. The monoisotopic (exact) mass is 454 g/mol. The first-order chi connectivity index (χ1) is 16.6. The number of fused-ring (bicyclic) bond motifs is 2. The van der Waals surface area contributed by atoms with Gasteiger partial charge in [0.25, 0.3) is 0 Å². The molecule has 0 fully saturated rings. The zero-order valence-corrected chi connectivity index (χ0v) is 19.3. The first kappa shape index (κ1) is 21.9. The van der Waals surface area contributed by atoms with Crippen LogP contribution in [0.4, 0.5) is 0 Å². The van der Waals surface area contributed by atoms with Crippen LogP contribution in [0.25, 0.3) is 16.6 Å². The normalized spacial score (nSPS) is 11.4. The van der Waals surface area contributed by atoms with Crippen molar-refractivity contribution in [3.8, 4) is 5.75 Å². The number of aryl methyl sites for hydroxylation is 1. The molecule has 5 aromatic rings. The number of rotatable bonds is 9. The number of methoxy groups -OCH3 is 1. The fourth-order valence-electron chi connectivity index (χ4n) is 4.19. The van der Waals surface area contributed by atoms with E-state index in [0.29, 0.717) is 36.8 Å². The Bertz CT molecular complexity index is 1470. The number of ether oxygens (including phenoxy) is 2. The first-order valence-corrected chi connectivity index (χ1v) is 11.2. The number of imidazole rings is 1. The molecule has 0 aliphatic heterocycles. The second-order valence-electron chi connectivity index (χ2n) is 8.32. The lowest BCUT2D eigenvalue weighted by Gasteiger charge is -2.08. The fraction of sp³-hybridized carbons (Fsp3) is 0.222. The van der Waals surface area contributed by atoms with Crippen molar-refractivity contribution >= 4 is 22.3 Å². The molecule has 0 radical (unpaired) electrons. The second kappa shape index (κ2) is 9.49. The third-order valence-electron chi connectivity index (χ3n) is 5.87. The van der Waals surface area contributed by atoms with Gasteiger partial charge in [-0.1, -0.05) is 42.0 Å². The highest BCUT2D eigenvalue weighted by molar-refractivity contribution is 5.99. The molecular formula is C27H26N4O3. The maximum Gasteiger partial charge on any atom is 0.185 e. The number of carbonyl (C=O) groups is 1. The van der Waals surface area contributed by atoms with E-state index >= 15 is 0 Å². The Kier molecular flexibility index (Phi) is 6.10. The van der Waals surface area contributed by atoms with Gasteiger partial charge in [0.15, 0.2) is 5.78 Å². The van der Waals surface area contributed by atoms with Crippen LogP contribution < -0.4 is 4.74 Å². The lowest BCUT2D eigenvalue weighted by molar-refractivity contribution is 0.0987. The Morgan fingerprint density at radius 3 is 2.76 bits per heavy atom. The van der Waals surface area contributed by atoms with E-state index in [-0.39, 0.29) is 12.2 Å². The molecule has 7 nitrogen and oxygen atoms in total. The van der Waals surface area contributed by atoms with Crippen molar-refractivity contribution in [3.63, 3.8) is 0 Å². The standard InChI is InChI=1S/C27H26N4O3/c1-19-5-3-6-20(13-19)18-31-24-8-4-7-21(23(24)16-29-31)14-26(32)25-17-28-27-15-22(9-10-30(25)27)34-12-11-33-2/h3-10,13,15-17H,11-12,14,18H2,1-2H3. The molecule has 0 amide bonds. The summed E-state index contributed by atoms with van der Waals surface area (Å²) in [5.74, 6) is 0.694. The van der Waals surface area contributed by atoms with E-state index in [1.807, 2.05) is 47.4 Å². The predicted octanol–water partition coefficient (Wildman–Crippen LogP) is 4.49. The molecule has 2 aromatic carbocycles. The van der Waals surface area contributed by atoms with Crippen LogP contribution >= 0.6 is 0 Å². The number of aromatic nitrogens is 4. The number of ketones is 1. The SMILES string of the molecule is COCCOc1ccn2c(C(=O)Cc3cccc4c3cnn4Cc3cccc(C)c3)cnc2c1. The van der Waals surface area contributed by atoms with Gasteiger partial charge in [-0.3, -0.25) is 13.9 Å². The molecule has 0 atom stereocenters. The van der Waals surface area contributed by atoms with Crippen LogP contribution in [0.15, 0.2) is 73.2 Å². The minimum absolute atomic E-state index is 0.000476. The molecule has 0 unspecified atom stereocenters. The summed E-state index contributed by atoms with van der Waals surface area (Å²) in [5.41, 5.74) is 5.60. The summed E-state index contributed by atoms with van der Waals surface area (Å²) >= 11 is 0. The summed E-state index contributed by atoms with van der Waals surface area (Å²) in [5, 5.41) is 5.60. The lowest BCUT2D eigenvalue weighted by atomic mass is 10.0. The third-order valence-corrected chi connectivity index (χ3v) is 5.87. The highest BCUT2D eigenvalue weighted by atomic mass is 16.5. The van der Waals surface area contributed by atoms with Gasteiger partial charge in [0.1, 0.15) is 23.7 Å². The van der Waals surface area contributed by atoms with Crippen molar-refractivity contribution in [1.82, 2.24) is 19.2 Å². The molecule has 3 aromatic heterocycles. The van der Waals surface area contributed by atoms with Crippen molar-refractivity contribution in [2.75, 3.05) is 20.3 Å². The minimum Gasteiger partial charge on any atom is -0.491 e.